The van der Waals surface area contributed by atoms with Gasteiger partial charge >= 0.3 is 6.03 Å². The molecule has 2 amide bonds. The molecule has 0 radical (unpaired) electrons. The second-order valence-corrected chi connectivity index (χ2v) is 7.24. The zero-order valence-corrected chi connectivity index (χ0v) is 17.3. The topological polar surface area (TPSA) is 79.8 Å². The third-order valence-corrected chi connectivity index (χ3v) is 4.65. The molecule has 3 rings (SSSR count). The number of likely N-dealkylation sites (tertiary alicyclic amines) is 1. The lowest BCUT2D eigenvalue weighted by atomic mass is 10.3. The van der Waals surface area contributed by atoms with E-state index in [0.29, 0.717) is 25.6 Å². The Labute approximate surface area is 171 Å². The van der Waals surface area contributed by atoms with Crippen molar-refractivity contribution >= 4 is 17.5 Å². The first-order valence-corrected chi connectivity index (χ1v) is 10.00. The first-order chi connectivity index (χ1) is 14.0. The minimum atomic E-state index is -0.135. The second-order valence-electron chi connectivity index (χ2n) is 7.24. The lowest BCUT2D eigenvalue weighted by Crippen LogP contribution is -2.34. The number of hydrogen-bond acceptors (Lipinski definition) is 6. The van der Waals surface area contributed by atoms with Gasteiger partial charge in [0.2, 0.25) is 5.88 Å². The molecule has 29 heavy (non-hydrogen) atoms. The number of urea groups is 1. The molecule has 0 spiro atoms. The Morgan fingerprint density at radius 2 is 2.07 bits per heavy atom. The van der Waals surface area contributed by atoms with Crippen LogP contribution in [0.25, 0.3) is 0 Å². The number of carbonyl (C=O) groups excluding carboxylic acids is 1. The monoisotopic (exact) mass is 399 g/mol. The second kappa shape index (κ2) is 9.95. The van der Waals surface area contributed by atoms with Crippen molar-refractivity contribution in [2.24, 2.45) is 0 Å². The van der Waals surface area contributed by atoms with E-state index in [2.05, 4.69) is 22.2 Å². The number of anilines is 2. The van der Waals surface area contributed by atoms with Gasteiger partial charge in [-0.1, -0.05) is 13.3 Å². The number of hydrogen-bond donors (Lipinski definition) is 1. The van der Waals surface area contributed by atoms with E-state index < -0.39 is 0 Å². The summed E-state index contributed by atoms with van der Waals surface area (Å²) in [5.41, 5.74) is 0.742. The molecule has 1 unspecified atom stereocenters. The van der Waals surface area contributed by atoms with Gasteiger partial charge in [0.1, 0.15) is 11.9 Å². The van der Waals surface area contributed by atoms with Crippen LogP contribution in [0.4, 0.5) is 16.3 Å². The predicted octanol–water partition coefficient (Wildman–Crippen LogP) is 3.41. The fraction of sp³-hybridized carbons (Fsp3) is 0.476. The number of rotatable bonds is 8. The molecule has 1 saturated heterocycles. The van der Waals surface area contributed by atoms with Gasteiger partial charge in [0, 0.05) is 32.7 Å². The number of ether oxygens (including phenoxy) is 2. The van der Waals surface area contributed by atoms with Crippen molar-refractivity contribution < 1.29 is 14.3 Å². The molecule has 8 nitrogen and oxygen atoms in total. The van der Waals surface area contributed by atoms with Gasteiger partial charge in [0.05, 0.1) is 25.5 Å². The van der Waals surface area contributed by atoms with Crippen molar-refractivity contribution in [3.63, 3.8) is 0 Å². The van der Waals surface area contributed by atoms with Crippen LogP contribution in [-0.4, -0.2) is 60.8 Å². The lowest BCUT2D eigenvalue weighted by Gasteiger charge is -2.18. The Hall–Kier alpha value is -3.03. The van der Waals surface area contributed by atoms with Gasteiger partial charge in [0.15, 0.2) is 5.82 Å². The number of benzene rings is 1. The minimum absolute atomic E-state index is 0.0956. The van der Waals surface area contributed by atoms with Crippen molar-refractivity contribution in [2.75, 3.05) is 44.0 Å². The molecule has 1 fully saturated rings. The van der Waals surface area contributed by atoms with Gasteiger partial charge in [-0.3, -0.25) is 4.98 Å². The van der Waals surface area contributed by atoms with Gasteiger partial charge in [-0.2, -0.15) is 4.98 Å². The quantitative estimate of drug-likeness (QED) is 0.686. The van der Waals surface area contributed by atoms with Crippen molar-refractivity contribution in [1.82, 2.24) is 14.9 Å². The summed E-state index contributed by atoms with van der Waals surface area (Å²) in [7, 11) is 3.80. The first kappa shape index (κ1) is 20.7. The summed E-state index contributed by atoms with van der Waals surface area (Å²) in [6.07, 6.45) is 6.07. The van der Waals surface area contributed by atoms with Crippen LogP contribution < -0.4 is 19.7 Å². The van der Waals surface area contributed by atoms with Gasteiger partial charge < -0.3 is 24.6 Å². The van der Waals surface area contributed by atoms with E-state index >= 15 is 0 Å². The molecule has 2 heterocycles. The standard InChI is InChI=1S/C21H29N5O3/c1-4-5-12-28-17-8-6-16(7-9-17)23-21(27)26-11-10-18(15-26)29-20-14-22-13-19(24-20)25(2)3/h6-9,13-14,18H,4-5,10-12,15H2,1-3H3,(H,23,27). The number of nitrogens with one attached hydrogen (secondary N) is 1. The summed E-state index contributed by atoms with van der Waals surface area (Å²) >= 11 is 0. The number of aromatic nitrogens is 2. The van der Waals surface area contributed by atoms with Crippen molar-refractivity contribution in [3.8, 4) is 11.6 Å². The Kier molecular flexibility index (Phi) is 7.10. The average molecular weight is 399 g/mol. The highest BCUT2D eigenvalue weighted by Gasteiger charge is 2.28. The van der Waals surface area contributed by atoms with Crippen LogP contribution >= 0.6 is 0 Å². The fourth-order valence-corrected chi connectivity index (χ4v) is 2.96. The molecular weight excluding hydrogens is 370 g/mol. The van der Waals surface area contributed by atoms with E-state index in [1.807, 2.05) is 43.3 Å². The third kappa shape index (κ3) is 5.97. The Morgan fingerprint density at radius 1 is 1.28 bits per heavy atom. The molecular formula is C21H29N5O3. The van der Waals surface area contributed by atoms with Crippen LogP contribution in [0.5, 0.6) is 11.6 Å². The minimum Gasteiger partial charge on any atom is -0.494 e. The number of nitrogens with zero attached hydrogens (tertiary/aromatic N) is 4. The molecule has 156 valence electrons. The van der Waals surface area contributed by atoms with Crippen LogP contribution in [0, 0.1) is 0 Å². The zero-order valence-electron chi connectivity index (χ0n) is 17.3. The van der Waals surface area contributed by atoms with Crippen LogP contribution in [0.15, 0.2) is 36.7 Å². The molecule has 1 aliphatic heterocycles. The van der Waals surface area contributed by atoms with E-state index in [1.54, 1.807) is 17.3 Å². The molecule has 1 atom stereocenters. The summed E-state index contributed by atoms with van der Waals surface area (Å²) in [5.74, 6) is 2.02. The normalized spacial score (nSPS) is 15.8. The maximum atomic E-state index is 12.5. The maximum Gasteiger partial charge on any atom is 0.321 e. The van der Waals surface area contributed by atoms with E-state index in [9.17, 15) is 4.79 Å². The SMILES string of the molecule is CCCCOc1ccc(NC(=O)N2CCC(Oc3cncc(N(C)C)n3)C2)cc1. The maximum absolute atomic E-state index is 12.5. The van der Waals surface area contributed by atoms with E-state index in [-0.39, 0.29) is 12.1 Å². The summed E-state index contributed by atoms with van der Waals surface area (Å²) < 4.78 is 11.6. The summed E-state index contributed by atoms with van der Waals surface area (Å²) in [6.45, 7) is 3.98. The van der Waals surface area contributed by atoms with Crippen molar-refractivity contribution in [2.45, 2.75) is 32.3 Å². The zero-order chi connectivity index (χ0) is 20.6. The smallest absolute Gasteiger partial charge is 0.321 e. The van der Waals surface area contributed by atoms with Gasteiger partial charge in [-0.15, -0.1) is 0 Å². The Bertz CT molecular complexity index is 797. The highest BCUT2D eigenvalue weighted by molar-refractivity contribution is 5.89. The van der Waals surface area contributed by atoms with Crippen molar-refractivity contribution in [1.29, 1.82) is 0 Å². The molecule has 1 aromatic heterocycles. The van der Waals surface area contributed by atoms with Gasteiger partial charge in [0.25, 0.3) is 0 Å². The molecule has 1 N–H and O–H groups in total. The largest absolute Gasteiger partial charge is 0.494 e. The lowest BCUT2D eigenvalue weighted by molar-refractivity contribution is 0.189. The number of unbranched alkanes of at least 4 members (excludes halogenated alkanes) is 1. The first-order valence-electron chi connectivity index (χ1n) is 10.00. The van der Waals surface area contributed by atoms with Crippen LogP contribution in [0.3, 0.4) is 0 Å². The van der Waals surface area contributed by atoms with Crippen LogP contribution in [-0.2, 0) is 0 Å². The molecule has 0 aliphatic carbocycles. The number of carbonyl (C=O) groups is 1. The Morgan fingerprint density at radius 3 is 2.79 bits per heavy atom. The Balaban J connectivity index is 1.48. The van der Waals surface area contributed by atoms with Crippen molar-refractivity contribution in [3.05, 3.63) is 36.7 Å². The molecule has 1 aliphatic rings. The summed E-state index contributed by atoms with van der Waals surface area (Å²) in [4.78, 5) is 24.7. The molecule has 0 bridgehead atoms. The molecule has 0 saturated carbocycles. The third-order valence-electron chi connectivity index (χ3n) is 4.65. The highest BCUT2D eigenvalue weighted by Crippen LogP contribution is 2.20. The van der Waals surface area contributed by atoms with E-state index in [4.69, 9.17) is 9.47 Å². The molecule has 8 heteroatoms. The van der Waals surface area contributed by atoms with Crippen LogP contribution in [0.2, 0.25) is 0 Å². The fourth-order valence-electron chi connectivity index (χ4n) is 2.96. The van der Waals surface area contributed by atoms with Crippen LogP contribution in [0.1, 0.15) is 26.2 Å². The van der Waals surface area contributed by atoms with Gasteiger partial charge in [-0.25, -0.2) is 4.79 Å². The highest BCUT2D eigenvalue weighted by atomic mass is 16.5. The summed E-state index contributed by atoms with van der Waals surface area (Å²) in [5, 5.41) is 2.93. The van der Waals surface area contributed by atoms with E-state index in [0.717, 1.165) is 36.5 Å². The summed E-state index contributed by atoms with van der Waals surface area (Å²) in [6, 6.07) is 7.32. The van der Waals surface area contributed by atoms with Gasteiger partial charge in [-0.05, 0) is 30.7 Å². The van der Waals surface area contributed by atoms with E-state index in [1.165, 1.54) is 0 Å². The predicted molar refractivity (Wildman–Crippen MR) is 113 cm³/mol. The molecule has 2 aromatic rings. The average Bonchev–Trinajstić information content (AvgIpc) is 3.18. The number of amides is 2. The molecule has 1 aromatic carbocycles.